The predicted molar refractivity (Wildman–Crippen MR) is 72.2 cm³/mol. The summed E-state index contributed by atoms with van der Waals surface area (Å²) in [5.74, 6) is 0.181. The average Bonchev–Trinajstić information content (AvgIpc) is 2.40. The van der Waals surface area contributed by atoms with Crippen LogP contribution in [0, 0.1) is 5.92 Å². The molecule has 2 rings (SSSR count). The molecule has 0 saturated heterocycles. The maximum absolute atomic E-state index is 12.0. The van der Waals surface area contributed by atoms with Gasteiger partial charge in [-0.1, -0.05) is 25.3 Å². The summed E-state index contributed by atoms with van der Waals surface area (Å²) < 4.78 is 11.2. The van der Waals surface area contributed by atoms with Gasteiger partial charge in [0.15, 0.2) is 0 Å². The van der Waals surface area contributed by atoms with Crippen molar-refractivity contribution in [2.75, 3.05) is 5.32 Å². The molecule has 1 aliphatic rings. The van der Waals surface area contributed by atoms with Crippen LogP contribution in [0.1, 0.15) is 32.1 Å². The van der Waals surface area contributed by atoms with Gasteiger partial charge in [-0.15, -0.1) is 0 Å². The van der Waals surface area contributed by atoms with Crippen LogP contribution >= 0.6 is 0 Å². The van der Waals surface area contributed by atoms with Gasteiger partial charge in [-0.3, -0.25) is 4.79 Å². The standard InChI is InChI=1S/C13H18N2O2S/c14-18(17)12-8-4-7-11(9-12)15-13(16)10-5-2-1-3-6-10/h4,7-10H,1-3,5-6,14H2,(H,15,16). The van der Waals surface area contributed by atoms with Crippen molar-refractivity contribution >= 4 is 22.6 Å². The minimum atomic E-state index is -1.51. The summed E-state index contributed by atoms with van der Waals surface area (Å²) in [7, 11) is -1.51. The Kier molecular flexibility index (Phi) is 4.49. The van der Waals surface area contributed by atoms with E-state index in [9.17, 15) is 9.00 Å². The van der Waals surface area contributed by atoms with Gasteiger partial charge in [-0.05, 0) is 31.0 Å². The Morgan fingerprint density at radius 3 is 2.67 bits per heavy atom. The fraction of sp³-hybridized carbons (Fsp3) is 0.462. The number of amides is 1. The highest BCUT2D eigenvalue weighted by Gasteiger charge is 2.21. The lowest BCUT2D eigenvalue weighted by Crippen LogP contribution is -2.24. The predicted octanol–water partition coefficient (Wildman–Crippen LogP) is 2.19. The topological polar surface area (TPSA) is 72.2 Å². The van der Waals surface area contributed by atoms with Crippen molar-refractivity contribution in [1.82, 2.24) is 0 Å². The first-order chi connectivity index (χ1) is 8.66. The normalized spacial score (nSPS) is 18.3. The van der Waals surface area contributed by atoms with E-state index in [2.05, 4.69) is 5.32 Å². The van der Waals surface area contributed by atoms with Crippen molar-refractivity contribution in [2.24, 2.45) is 11.1 Å². The number of nitrogens with two attached hydrogens (primary N) is 1. The Labute approximate surface area is 110 Å². The van der Waals surface area contributed by atoms with Crippen LogP contribution in [-0.2, 0) is 15.8 Å². The van der Waals surface area contributed by atoms with Crippen LogP contribution in [0.25, 0.3) is 0 Å². The smallest absolute Gasteiger partial charge is 0.227 e. The first kappa shape index (κ1) is 13.2. The molecular weight excluding hydrogens is 248 g/mol. The van der Waals surface area contributed by atoms with Gasteiger partial charge in [-0.2, -0.15) is 0 Å². The van der Waals surface area contributed by atoms with Gasteiger partial charge in [0.25, 0.3) is 0 Å². The molecule has 5 heteroatoms. The maximum Gasteiger partial charge on any atom is 0.227 e. The molecule has 1 aliphatic carbocycles. The number of hydrogen-bond donors (Lipinski definition) is 2. The summed E-state index contributed by atoms with van der Waals surface area (Å²) in [5, 5.41) is 8.19. The van der Waals surface area contributed by atoms with Crippen molar-refractivity contribution in [2.45, 2.75) is 37.0 Å². The van der Waals surface area contributed by atoms with E-state index in [1.54, 1.807) is 24.3 Å². The summed E-state index contributed by atoms with van der Waals surface area (Å²) in [6, 6.07) is 6.89. The van der Waals surface area contributed by atoms with E-state index >= 15 is 0 Å². The third kappa shape index (κ3) is 3.40. The fourth-order valence-electron chi connectivity index (χ4n) is 2.31. The van der Waals surface area contributed by atoms with Crippen molar-refractivity contribution in [3.05, 3.63) is 24.3 Å². The van der Waals surface area contributed by atoms with E-state index in [-0.39, 0.29) is 11.8 Å². The highest BCUT2D eigenvalue weighted by atomic mass is 32.2. The monoisotopic (exact) mass is 266 g/mol. The number of hydrogen-bond acceptors (Lipinski definition) is 2. The second-order valence-electron chi connectivity index (χ2n) is 4.65. The zero-order chi connectivity index (χ0) is 13.0. The van der Waals surface area contributed by atoms with Crippen molar-refractivity contribution in [1.29, 1.82) is 0 Å². The molecular formula is C13H18N2O2S. The third-order valence-corrected chi connectivity index (χ3v) is 4.03. The molecule has 1 aromatic rings. The molecule has 1 atom stereocenters. The highest BCUT2D eigenvalue weighted by Crippen LogP contribution is 2.25. The zero-order valence-corrected chi connectivity index (χ0v) is 11.0. The molecule has 4 nitrogen and oxygen atoms in total. The van der Waals surface area contributed by atoms with Gasteiger partial charge in [0, 0.05) is 11.6 Å². The number of nitrogens with one attached hydrogen (secondary N) is 1. The van der Waals surface area contributed by atoms with Gasteiger partial charge in [0.1, 0.15) is 11.0 Å². The molecule has 0 bridgehead atoms. The Morgan fingerprint density at radius 2 is 2.00 bits per heavy atom. The summed E-state index contributed by atoms with van der Waals surface area (Å²) in [6.07, 6.45) is 5.42. The molecule has 0 spiro atoms. The van der Waals surface area contributed by atoms with Crippen LogP contribution in [0.15, 0.2) is 29.2 Å². The van der Waals surface area contributed by atoms with Crippen molar-refractivity contribution in [3.63, 3.8) is 0 Å². The van der Waals surface area contributed by atoms with Crippen LogP contribution in [0.2, 0.25) is 0 Å². The van der Waals surface area contributed by atoms with E-state index < -0.39 is 11.0 Å². The SMILES string of the molecule is NS(=O)c1cccc(NC(=O)C2CCCCC2)c1. The largest absolute Gasteiger partial charge is 0.326 e. The van der Waals surface area contributed by atoms with Gasteiger partial charge < -0.3 is 5.32 Å². The number of benzene rings is 1. The van der Waals surface area contributed by atoms with Crippen LogP contribution < -0.4 is 10.5 Å². The van der Waals surface area contributed by atoms with Crippen LogP contribution in [0.4, 0.5) is 5.69 Å². The van der Waals surface area contributed by atoms with E-state index in [1.807, 2.05) is 0 Å². The lowest BCUT2D eigenvalue weighted by atomic mass is 9.88. The van der Waals surface area contributed by atoms with Crippen molar-refractivity contribution < 1.29 is 9.00 Å². The Hall–Kier alpha value is -1.20. The number of carbonyl (C=O) groups is 1. The molecule has 1 unspecified atom stereocenters. The second-order valence-corrected chi connectivity index (χ2v) is 5.72. The summed E-state index contributed by atoms with van der Waals surface area (Å²) in [4.78, 5) is 12.6. The second kappa shape index (κ2) is 6.11. The minimum absolute atomic E-state index is 0.0645. The Morgan fingerprint density at radius 1 is 1.28 bits per heavy atom. The summed E-state index contributed by atoms with van der Waals surface area (Å²) in [5.41, 5.74) is 0.668. The van der Waals surface area contributed by atoms with Crippen LogP contribution in [0.5, 0.6) is 0 Å². The molecule has 0 aliphatic heterocycles. The number of anilines is 1. The van der Waals surface area contributed by atoms with E-state index in [4.69, 9.17) is 5.14 Å². The molecule has 0 aromatic heterocycles. The van der Waals surface area contributed by atoms with E-state index in [0.717, 1.165) is 25.7 Å². The van der Waals surface area contributed by atoms with Crippen LogP contribution in [-0.4, -0.2) is 10.1 Å². The molecule has 1 amide bonds. The molecule has 98 valence electrons. The summed E-state index contributed by atoms with van der Waals surface area (Å²) >= 11 is 0. The Bertz CT molecular complexity index is 456. The van der Waals surface area contributed by atoms with Gasteiger partial charge >= 0.3 is 0 Å². The number of carbonyl (C=O) groups excluding carboxylic acids is 1. The van der Waals surface area contributed by atoms with E-state index in [0.29, 0.717) is 10.6 Å². The molecule has 18 heavy (non-hydrogen) atoms. The lowest BCUT2D eigenvalue weighted by Gasteiger charge is -2.20. The molecule has 0 radical (unpaired) electrons. The average molecular weight is 266 g/mol. The summed E-state index contributed by atoms with van der Waals surface area (Å²) in [6.45, 7) is 0. The van der Waals surface area contributed by atoms with E-state index in [1.165, 1.54) is 6.42 Å². The van der Waals surface area contributed by atoms with Gasteiger partial charge in [0.05, 0.1) is 4.90 Å². The van der Waals surface area contributed by atoms with Gasteiger partial charge in [0.2, 0.25) is 5.91 Å². The number of rotatable bonds is 3. The van der Waals surface area contributed by atoms with Gasteiger partial charge in [-0.25, -0.2) is 9.35 Å². The third-order valence-electron chi connectivity index (χ3n) is 3.31. The molecule has 1 saturated carbocycles. The Balaban J connectivity index is 2.02. The fourth-order valence-corrected chi connectivity index (χ4v) is 2.76. The quantitative estimate of drug-likeness (QED) is 0.880. The first-order valence-corrected chi connectivity index (χ1v) is 7.45. The molecule has 1 fully saturated rings. The van der Waals surface area contributed by atoms with Crippen molar-refractivity contribution in [3.8, 4) is 0 Å². The maximum atomic E-state index is 12.0. The highest BCUT2D eigenvalue weighted by molar-refractivity contribution is 7.82. The van der Waals surface area contributed by atoms with Crippen LogP contribution in [0.3, 0.4) is 0 Å². The zero-order valence-electron chi connectivity index (χ0n) is 10.2. The minimum Gasteiger partial charge on any atom is -0.326 e. The first-order valence-electron chi connectivity index (χ1n) is 6.24. The molecule has 3 N–H and O–H groups in total. The lowest BCUT2D eigenvalue weighted by molar-refractivity contribution is -0.120. The molecule has 0 heterocycles. The molecule has 1 aromatic carbocycles.